The predicted octanol–water partition coefficient (Wildman–Crippen LogP) is 2.08. The summed E-state index contributed by atoms with van der Waals surface area (Å²) < 4.78 is 13.6. The molecule has 0 fully saturated rings. The van der Waals surface area contributed by atoms with E-state index in [2.05, 4.69) is 5.32 Å². The highest BCUT2D eigenvalue weighted by Crippen LogP contribution is 2.15. The molecule has 1 aromatic rings. The molecule has 0 aliphatic heterocycles. The molecule has 0 aliphatic carbocycles. The van der Waals surface area contributed by atoms with Crippen molar-refractivity contribution in [1.82, 2.24) is 4.90 Å². The molecule has 0 radical (unpaired) electrons. The molecule has 0 heterocycles. The van der Waals surface area contributed by atoms with Gasteiger partial charge in [0, 0.05) is 13.1 Å². The Morgan fingerprint density at radius 1 is 1.27 bits per heavy atom. The van der Waals surface area contributed by atoms with Crippen LogP contribution in [0.2, 0.25) is 0 Å². The highest BCUT2D eigenvalue weighted by Gasteiger charge is 2.22. The lowest BCUT2D eigenvalue weighted by molar-refractivity contribution is -0.143. The second-order valence-electron chi connectivity index (χ2n) is 5.16. The molecule has 1 aromatic carbocycles. The van der Waals surface area contributed by atoms with Crippen molar-refractivity contribution >= 4 is 17.5 Å². The van der Waals surface area contributed by atoms with Crippen LogP contribution in [0.15, 0.2) is 18.2 Å². The predicted molar refractivity (Wildman–Crippen MR) is 83.0 cm³/mol. The molecule has 122 valence electrons. The van der Waals surface area contributed by atoms with Crippen LogP contribution in [-0.4, -0.2) is 41.5 Å². The van der Waals surface area contributed by atoms with E-state index in [1.165, 1.54) is 17.0 Å². The molecular weight excluding hydrogens is 287 g/mol. The van der Waals surface area contributed by atoms with Gasteiger partial charge in [0.15, 0.2) is 0 Å². The van der Waals surface area contributed by atoms with Crippen molar-refractivity contribution in [2.75, 3.05) is 25.0 Å². The number of unbranched alkanes of at least 4 members (excludes halogenated alkanes) is 2. The van der Waals surface area contributed by atoms with Crippen molar-refractivity contribution in [3.8, 4) is 0 Å². The first-order valence-electron chi connectivity index (χ1n) is 7.46. The van der Waals surface area contributed by atoms with E-state index in [4.69, 9.17) is 5.11 Å². The lowest BCUT2D eigenvalue weighted by Gasteiger charge is -2.21. The van der Waals surface area contributed by atoms with E-state index in [-0.39, 0.29) is 18.8 Å². The second-order valence-corrected chi connectivity index (χ2v) is 5.16. The van der Waals surface area contributed by atoms with E-state index in [9.17, 15) is 14.0 Å². The number of hydrogen-bond acceptors (Lipinski definition) is 3. The number of nitrogens with one attached hydrogen (secondary N) is 1. The van der Waals surface area contributed by atoms with Gasteiger partial charge in [-0.3, -0.25) is 9.59 Å². The number of benzene rings is 1. The van der Waals surface area contributed by atoms with Gasteiger partial charge in [0.1, 0.15) is 5.82 Å². The Labute approximate surface area is 130 Å². The third-order valence-electron chi connectivity index (χ3n) is 3.25. The lowest BCUT2D eigenvalue weighted by Crippen LogP contribution is -2.41. The summed E-state index contributed by atoms with van der Waals surface area (Å²) in [5.41, 5.74) is 0.759. The number of halogens is 1. The van der Waals surface area contributed by atoms with Gasteiger partial charge in [-0.25, -0.2) is 4.39 Å². The fraction of sp³-hybridized carbons (Fsp3) is 0.500. The summed E-state index contributed by atoms with van der Waals surface area (Å²) in [5, 5.41) is 11.3. The van der Waals surface area contributed by atoms with E-state index in [0.29, 0.717) is 6.54 Å². The molecule has 0 saturated carbocycles. The minimum atomic E-state index is -0.894. The van der Waals surface area contributed by atoms with Gasteiger partial charge in [0.05, 0.1) is 12.3 Å². The largest absolute Gasteiger partial charge is 0.395 e. The first-order chi connectivity index (χ1) is 10.5. The maximum atomic E-state index is 13.6. The summed E-state index contributed by atoms with van der Waals surface area (Å²) in [6, 6.07) is 4.28. The minimum Gasteiger partial charge on any atom is -0.395 e. The van der Waals surface area contributed by atoms with E-state index in [1.54, 1.807) is 13.0 Å². The molecule has 22 heavy (non-hydrogen) atoms. The maximum absolute atomic E-state index is 13.6. The van der Waals surface area contributed by atoms with Crippen molar-refractivity contribution in [1.29, 1.82) is 0 Å². The molecule has 0 unspecified atom stereocenters. The number of rotatable bonds is 7. The first-order valence-corrected chi connectivity index (χ1v) is 7.46. The molecule has 0 atom stereocenters. The zero-order chi connectivity index (χ0) is 16.5. The molecule has 0 aliphatic rings. The van der Waals surface area contributed by atoms with Gasteiger partial charge in [-0.2, -0.15) is 0 Å². The quantitative estimate of drug-likeness (QED) is 0.598. The Morgan fingerprint density at radius 3 is 2.64 bits per heavy atom. The second kappa shape index (κ2) is 9.15. The maximum Gasteiger partial charge on any atom is 0.313 e. The van der Waals surface area contributed by atoms with Crippen LogP contribution < -0.4 is 5.32 Å². The minimum absolute atomic E-state index is 0.0177. The Morgan fingerprint density at radius 2 is 2.00 bits per heavy atom. The summed E-state index contributed by atoms with van der Waals surface area (Å²) >= 11 is 0. The third-order valence-corrected chi connectivity index (χ3v) is 3.25. The van der Waals surface area contributed by atoms with Crippen LogP contribution in [0.3, 0.4) is 0 Å². The summed E-state index contributed by atoms with van der Waals surface area (Å²) in [7, 11) is 0. The Kier molecular flexibility index (Phi) is 7.52. The number of nitrogens with zero attached hydrogens (tertiary/aromatic N) is 1. The van der Waals surface area contributed by atoms with E-state index >= 15 is 0 Å². The zero-order valence-corrected chi connectivity index (χ0v) is 13.1. The molecule has 0 spiro atoms. The van der Waals surface area contributed by atoms with Crippen molar-refractivity contribution in [2.24, 2.45) is 0 Å². The third kappa shape index (κ3) is 5.44. The van der Waals surface area contributed by atoms with Gasteiger partial charge in [-0.1, -0.05) is 25.8 Å². The molecule has 0 aromatic heterocycles. The Balaban J connectivity index is 2.71. The Bertz CT molecular complexity index is 520. The summed E-state index contributed by atoms with van der Waals surface area (Å²) in [4.78, 5) is 25.4. The van der Waals surface area contributed by atoms with E-state index in [1.807, 2.05) is 6.92 Å². The van der Waals surface area contributed by atoms with Crippen LogP contribution in [0.4, 0.5) is 10.1 Å². The summed E-state index contributed by atoms with van der Waals surface area (Å²) in [5.74, 6) is -2.24. The lowest BCUT2D eigenvalue weighted by atomic mass is 10.2. The van der Waals surface area contributed by atoms with E-state index < -0.39 is 17.6 Å². The molecule has 2 N–H and O–H groups in total. The van der Waals surface area contributed by atoms with Crippen LogP contribution in [0.1, 0.15) is 31.7 Å². The Hall–Kier alpha value is -1.95. The van der Waals surface area contributed by atoms with Crippen LogP contribution in [0.25, 0.3) is 0 Å². The first kappa shape index (κ1) is 18.1. The zero-order valence-electron chi connectivity index (χ0n) is 13.1. The van der Waals surface area contributed by atoms with Crippen molar-refractivity contribution in [3.63, 3.8) is 0 Å². The van der Waals surface area contributed by atoms with Crippen LogP contribution in [0.5, 0.6) is 0 Å². The number of aliphatic hydroxyl groups excluding tert-OH is 1. The monoisotopic (exact) mass is 310 g/mol. The number of aryl methyl sites for hydroxylation is 1. The molecular formula is C16H23FN2O3. The fourth-order valence-electron chi connectivity index (χ4n) is 2.04. The molecule has 1 rings (SSSR count). The molecule has 0 saturated heterocycles. The van der Waals surface area contributed by atoms with Crippen molar-refractivity contribution in [3.05, 3.63) is 29.6 Å². The number of amides is 2. The highest BCUT2D eigenvalue weighted by atomic mass is 19.1. The van der Waals surface area contributed by atoms with Gasteiger partial charge in [0.25, 0.3) is 0 Å². The molecule has 5 nitrogen and oxygen atoms in total. The van der Waals surface area contributed by atoms with Gasteiger partial charge >= 0.3 is 11.8 Å². The topological polar surface area (TPSA) is 69.6 Å². The van der Waals surface area contributed by atoms with Crippen molar-refractivity contribution < 1.29 is 19.1 Å². The average molecular weight is 310 g/mol. The van der Waals surface area contributed by atoms with E-state index in [0.717, 1.165) is 24.8 Å². The standard InChI is InChI=1S/C16H23FN2O3/c1-3-4-5-8-19(9-10-20)16(22)15(21)18-14-11-12(2)6-7-13(14)17/h6-7,11,20H,3-5,8-10H2,1-2H3,(H,18,21). The number of carbonyl (C=O) groups is 2. The molecule has 6 heteroatoms. The van der Waals surface area contributed by atoms with Crippen LogP contribution in [-0.2, 0) is 9.59 Å². The van der Waals surface area contributed by atoms with Crippen molar-refractivity contribution in [2.45, 2.75) is 33.1 Å². The summed E-state index contributed by atoms with van der Waals surface area (Å²) in [6.45, 7) is 4.07. The smallest absolute Gasteiger partial charge is 0.313 e. The van der Waals surface area contributed by atoms with Gasteiger partial charge in [-0.05, 0) is 31.0 Å². The van der Waals surface area contributed by atoms with Gasteiger partial charge < -0.3 is 15.3 Å². The number of hydrogen-bond donors (Lipinski definition) is 2. The summed E-state index contributed by atoms with van der Waals surface area (Å²) in [6.07, 6.45) is 2.68. The van der Waals surface area contributed by atoms with Crippen LogP contribution in [0, 0.1) is 12.7 Å². The average Bonchev–Trinajstić information content (AvgIpc) is 2.49. The SMILES string of the molecule is CCCCCN(CCO)C(=O)C(=O)Nc1cc(C)ccc1F. The van der Waals surface area contributed by atoms with Gasteiger partial charge in [-0.15, -0.1) is 0 Å². The fourth-order valence-corrected chi connectivity index (χ4v) is 2.04. The highest BCUT2D eigenvalue weighted by molar-refractivity contribution is 6.39. The molecule has 2 amide bonds. The normalized spacial score (nSPS) is 10.4. The molecule has 0 bridgehead atoms. The number of carbonyl (C=O) groups excluding carboxylic acids is 2. The van der Waals surface area contributed by atoms with Gasteiger partial charge in [0.2, 0.25) is 0 Å². The van der Waals surface area contributed by atoms with Crippen LogP contribution >= 0.6 is 0 Å². The number of anilines is 1. The number of aliphatic hydroxyl groups is 1.